The minimum atomic E-state index is -3.96. The predicted molar refractivity (Wildman–Crippen MR) is 75.7 cm³/mol. The van der Waals surface area contributed by atoms with E-state index in [1.807, 2.05) is 13.8 Å². The Morgan fingerprint density at radius 3 is 2.12 bits per heavy atom. The molecule has 0 amide bonds. The van der Waals surface area contributed by atoms with Gasteiger partial charge >= 0.3 is 0 Å². The van der Waals surface area contributed by atoms with Gasteiger partial charge in [-0.25, -0.2) is 0 Å². The Labute approximate surface area is 107 Å². The molecule has 0 aliphatic carbocycles. The maximum Gasteiger partial charge on any atom is 0.267 e. The fourth-order valence-electron chi connectivity index (χ4n) is 1.30. The minimum Gasteiger partial charge on any atom is -0.383 e. The van der Waals surface area contributed by atoms with Gasteiger partial charge in [0.1, 0.15) is 0 Å². The molecule has 0 aliphatic rings. The smallest absolute Gasteiger partial charge is 0.267 e. The fourth-order valence-corrected chi connectivity index (χ4v) is 2.28. The van der Waals surface area contributed by atoms with E-state index in [4.69, 9.17) is 4.55 Å². The van der Waals surface area contributed by atoms with E-state index in [0.29, 0.717) is 0 Å². The molecule has 0 saturated heterocycles. The van der Waals surface area contributed by atoms with Crippen molar-refractivity contribution in [1.29, 1.82) is 0 Å². The standard InChI is InChI=1S/C10H21NO3S.2CH4/c1-6-8(2)9(3)11-10(4,5)7-15(12,13)14;;/h8,11H,3,6-7H2,1-2,4-5H3,(H,12,13,14);2*1H4. The second-order valence-electron chi connectivity index (χ2n) is 4.57. The molecule has 0 aromatic rings. The zero-order chi connectivity index (χ0) is 12.3. The molecule has 0 radical (unpaired) electrons. The van der Waals surface area contributed by atoms with Crippen LogP contribution in [0.2, 0.25) is 0 Å². The van der Waals surface area contributed by atoms with Gasteiger partial charge in [0.15, 0.2) is 0 Å². The summed E-state index contributed by atoms with van der Waals surface area (Å²) in [6.07, 6.45) is 0.938. The molecule has 0 rings (SSSR count). The van der Waals surface area contributed by atoms with Crippen molar-refractivity contribution in [2.75, 3.05) is 5.75 Å². The molecular formula is C12H29NO3S. The molecule has 0 fully saturated rings. The molecule has 0 spiro atoms. The summed E-state index contributed by atoms with van der Waals surface area (Å²) in [6.45, 7) is 11.3. The molecule has 0 bridgehead atoms. The van der Waals surface area contributed by atoms with Gasteiger partial charge in [0.05, 0.1) is 5.75 Å². The lowest BCUT2D eigenvalue weighted by Gasteiger charge is -2.29. The molecule has 106 valence electrons. The van der Waals surface area contributed by atoms with Crippen LogP contribution in [0.15, 0.2) is 12.3 Å². The van der Waals surface area contributed by atoms with Crippen molar-refractivity contribution in [1.82, 2.24) is 5.32 Å². The summed E-state index contributed by atoms with van der Waals surface area (Å²) in [6, 6.07) is 0. The molecule has 1 unspecified atom stereocenters. The topological polar surface area (TPSA) is 66.4 Å². The van der Waals surface area contributed by atoms with E-state index in [1.54, 1.807) is 13.8 Å². The van der Waals surface area contributed by atoms with Crippen molar-refractivity contribution in [3.63, 3.8) is 0 Å². The van der Waals surface area contributed by atoms with Crippen LogP contribution in [-0.4, -0.2) is 24.3 Å². The first-order chi connectivity index (χ1) is 6.57. The Hall–Kier alpha value is -0.550. The van der Waals surface area contributed by atoms with Crippen LogP contribution >= 0.6 is 0 Å². The summed E-state index contributed by atoms with van der Waals surface area (Å²) in [5.41, 5.74) is 0.0971. The lowest BCUT2D eigenvalue weighted by molar-refractivity contribution is 0.411. The highest BCUT2D eigenvalue weighted by Gasteiger charge is 2.25. The summed E-state index contributed by atoms with van der Waals surface area (Å²) in [7, 11) is -3.96. The summed E-state index contributed by atoms with van der Waals surface area (Å²) in [5, 5.41) is 3.03. The monoisotopic (exact) mass is 267 g/mol. The zero-order valence-electron chi connectivity index (χ0n) is 9.87. The van der Waals surface area contributed by atoms with E-state index in [2.05, 4.69) is 11.9 Å². The summed E-state index contributed by atoms with van der Waals surface area (Å²) >= 11 is 0. The van der Waals surface area contributed by atoms with Crippen molar-refractivity contribution < 1.29 is 13.0 Å². The minimum absolute atomic E-state index is 0. The largest absolute Gasteiger partial charge is 0.383 e. The lowest BCUT2D eigenvalue weighted by Crippen LogP contribution is -2.45. The van der Waals surface area contributed by atoms with Crippen molar-refractivity contribution in [3.8, 4) is 0 Å². The van der Waals surface area contributed by atoms with Crippen LogP contribution < -0.4 is 5.32 Å². The molecular weight excluding hydrogens is 238 g/mol. The predicted octanol–water partition coefficient (Wildman–Crippen LogP) is 3.07. The average Bonchev–Trinajstić information content (AvgIpc) is 1.96. The van der Waals surface area contributed by atoms with E-state index in [0.717, 1.165) is 12.1 Å². The van der Waals surface area contributed by atoms with Crippen molar-refractivity contribution >= 4 is 10.1 Å². The second-order valence-corrected chi connectivity index (χ2v) is 6.02. The van der Waals surface area contributed by atoms with Gasteiger partial charge in [-0.05, 0) is 26.2 Å². The molecule has 1 atom stereocenters. The number of hydrogen-bond donors (Lipinski definition) is 2. The van der Waals surface area contributed by atoms with Crippen LogP contribution in [0.1, 0.15) is 49.0 Å². The van der Waals surface area contributed by atoms with Crippen LogP contribution in [0, 0.1) is 5.92 Å². The van der Waals surface area contributed by atoms with Crippen molar-refractivity contribution in [3.05, 3.63) is 12.3 Å². The highest BCUT2D eigenvalue weighted by Crippen LogP contribution is 2.15. The third-order valence-electron chi connectivity index (χ3n) is 2.25. The molecule has 5 heteroatoms. The van der Waals surface area contributed by atoms with E-state index >= 15 is 0 Å². The average molecular weight is 267 g/mol. The Morgan fingerprint density at radius 2 is 1.82 bits per heavy atom. The summed E-state index contributed by atoms with van der Waals surface area (Å²) < 4.78 is 30.3. The second kappa shape index (κ2) is 7.71. The summed E-state index contributed by atoms with van der Waals surface area (Å²) in [4.78, 5) is 0. The first kappa shape index (κ1) is 21.7. The van der Waals surface area contributed by atoms with E-state index in [1.165, 1.54) is 0 Å². The van der Waals surface area contributed by atoms with Crippen LogP contribution in [0.25, 0.3) is 0 Å². The zero-order valence-corrected chi connectivity index (χ0v) is 10.7. The molecule has 0 aromatic carbocycles. The number of hydrogen-bond acceptors (Lipinski definition) is 3. The molecule has 2 N–H and O–H groups in total. The molecule has 0 aromatic heterocycles. The molecule has 4 nitrogen and oxygen atoms in total. The van der Waals surface area contributed by atoms with Gasteiger partial charge in [0.25, 0.3) is 10.1 Å². The highest BCUT2D eigenvalue weighted by atomic mass is 32.2. The molecule has 0 heterocycles. The third-order valence-corrected chi connectivity index (χ3v) is 3.34. The van der Waals surface area contributed by atoms with Crippen molar-refractivity contribution in [2.45, 2.75) is 54.5 Å². The maximum absolute atomic E-state index is 10.8. The van der Waals surface area contributed by atoms with Gasteiger partial charge in [-0.1, -0.05) is 35.3 Å². The molecule has 0 saturated carbocycles. The Bertz CT molecular complexity index is 321. The third kappa shape index (κ3) is 10.3. The number of allylic oxidation sites excluding steroid dienone is 1. The van der Waals surface area contributed by atoms with E-state index < -0.39 is 15.7 Å². The Balaban J connectivity index is -0.000000980. The van der Waals surface area contributed by atoms with Crippen LogP contribution in [0.5, 0.6) is 0 Å². The van der Waals surface area contributed by atoms with E-state index in [-0.39, 0.29) is 26.5 Å². The van der Waals surface area contributed by atoms with Gasteiger partial charge in [0.2, 0.25) is 0 Å². The van der Waals surface area contributed by atoms with Crippen LogP contribution in [0.3, 0.4) is 0 Å². The molecule has 17 heavy (non-hydrogen) atoms. The molecule has 0 aliphatic heterocycles. The van der Waals surface area contributed by atoms with Gasteiger partial charge < -0.3 is 5.32 Å². The normalized spacial score (nSPS) is 13.0. The van der Waals surface area contributed by atoms with Crippen LogP contribution in [0.4, 0.5) is 0 Å². The van der Waals surface area contributed by atoms with Gasteiger partial charge in [-0.2, -0.15) is 8.42 Å². The quantitative estimate of drug-likeness (QED) is 0.726. The highest BCUT2D eigenvalue weighted by molar-refractivity contribution is 7.85. The number of rotatable bonds is 6. The number of nitrogens with one attached hydrogen (secondary N) is 1. The lowest BCUT2D eigenvalue weighted by atomic mass is 10.0. The first-order valence-electron chi connectivity index (χ1n) is 4.99. The van der Waals surface area contributed by atoms with Crippen molar-refractivity contribution in [2.24, 2.45) is 5.92 Å². The SMILES string of the molecule is C.C.C=C(NC(C)(C)CS(=O)(=O)O)C(C)CC. The van der Waals surface area contributed by atoms with Crippen LogP contribution in [-0.2, 0) is 10.1 Å². The Morgan fingerprint density at radius 1 is 1.41 bits per heavy atom. The van der Waals surface area contributed by atoms with Gasteiger partial charge in [-0.15, -0.1) is 0 Å². The fraction of sp³-hybridized carbons (Fsp3) is 0.833. The summed E-state index contributed by atoms with van der Waals surface area (Å²) in [5.74, 6) is -0.0409. The van der Waals surface area contributed by atoms with E-state index in [9.17, 15) is 8.42 Å². The van der Waals surface area contributed by atoms with Gasteiger partial charge in [-0.3, -0.25) is 4.55 Å². The maximum atomic E-state index is 10.8. The van der Waals surface area contributed by atoms with Gasteiger partial charge in [0, 0.05) is 11.2 Å². The first-order valence-corrected chi connectivity index (χ1v) is 6.60. The Kier molecular flexibility index (Phi) is 9.85.